The van der Waals surface area contributed by atoms with E-state index in [9.17, 15) is 14.7 Å². The number of carboxylic acid groups (broad SMARTS) is 1. The van der Waals surface area contributed by atoms with Crippen LogP contribution in [0.1, 0.15) is 37.7 Å². The Labute approximate surface area is 205 Å². The smallest absolute Gasteiger partial charge is 0.328 e. The summed E-state index contributed by atoms with van der Waals surface area (Å²) in [7, 11) is 0. The molecule has 1 N–H and O–H groups in total. The lowest BCUT2D eigenvalue weighted by molar-refractivity contribution is -0.138. The van der Waals surface area contributed by atoms with Crippen LogP contribution in [0.3, 0.4) is 0 Å². The quantitative estimate of drug-likeness (QED) is 0.449. The number of halogens is 1. The third-order valence-electron chi connectivity index (χ3n) is 6.82. The highest BCUT2D eigenvalue weighted by atomic mass is 79.9. The van der Waals surface area contributed by atoms with Gasteiger partial charge in [0.05, 0.1) is 10.8 Å². The summed E-state index contributed by atoms with van der Waals surface area (Å²) < 4.78 is 5.95. The molecule has 7 nitrogen and oxygen atoms in total. The summed E-state index contributed by atoms with van der Waals surface area (Å²) in [5.41, 5.74) is 0.976. The molecule has 2 aliphatic rings. The van der Waals surface area contributed by atoms with Gasteiger partial charge >= 0.3 is 5.97 Å². The summed E-state index contributed by atoms with van der Waals surface area (Å²) in [4.78, 5) is 37.3. The zero-order valence-electron chi connectivity index (χ0n) is 18.5. The largest absolute Gasteiger partial charge is 0.480 e. The molecule has 2 heterocycles. The summed E-state index contributed by atoms with van der Waals surface area (Å²) in [6, 6.07) is 10.1. The van der Waals surface area contributed by atoms with Gasteiger partial charge in [-0.1, -0.05) is 47.3 Å². The molecule has 0 amide bonds. The molecule has 2 aromatic heterocycles. The average Bonchev–Trinajstić information content (AvgIpc) is 2.87. The molecule has 1 unspecified atom stereocenters. The Bertz CT molecular complexity index is 1260. The van der Waals surface area contributed by atoms with Crippen LogP contribution in [-0.4, -0.2) is 43.4 Å². The van der Waals surface area contributed by atoms with Crippen molar-refractivity contribution >= 4 is 44.2 Å². The van der Waals surface area contributed by atoms with Gasteiger partial charge in [-0.15, -0.1) is 0 Å². The van der Waals surface area contributed by atoms with Crippen molar-refractivity contribution in [1.82, 2.24) is 9.97 Å². The van der Waals surface area contributed by atoms with E-state index in [2.05, 4.69) is 30.9 Å². The molecule has 174 valence electrons. The molecular weight excluding hydrogens is 498 g/mol. The van der Waals surface area contributed by atoms with Crippen molar-refractivity contribution in [2.45, 2.75) is 49.4 Å². The summed E-state index contributed by atoms with van der Waals surface area (Å²) >= 11 is 3.42. The first-order valence-corrected chi connectivity index (χ1v) is 12.3. The predicted octanol–water partition coefficient (Wildman–Crippen LogP) is 5.16. The van der Waals surface area contributed by atoms with Crippen molar-refractivity contribution in [2.75, 3.05) is 0 Å². The normalized spacial score (nSPS) is 21.4. The van der Waals surface area contributed by atoms with Crippen LogP contribution >= 0.6 is 15.9 Å². The SMILES string of the molecule is O=C(O)[C@H](Cc1ccc(Oc2nccc3ccncc23)cc1)N=C1C(Br)C(=O)C12CCCCC2. The number of nitrogens with zero attached hydrogens (tertiary/aromatic N) is 3. The van der Waals surface area contributed by atoms with Gasteiger partial charge in [0.25, 0.3) is 0 Å². The zero-order chi connectivity index (χ0) is 23.7. The molecule has 2 fully saturated rings. The van der Waals surface area contributed by atoms with Crippen LogP contribution in [-0.2, 0) is 16.0 Å². The Balaban J connectivity index is 1.33. The zero-order valence-corrected chi connectivity index (χ0v) is 20.1. The van der Waals surface area contributed by atoms with Crippen LogP contribution in [0.25, 0.3) is 10.8 Å². The Hall–Kier alpha value is -3.13. The third-order valence-corrected chi connectivity index (χ3v) is 7.67. The van der Waals surface area contributed by atoms with Crippen LogP contribution < -0.4 is 4.74 Å². The van der Waals surface area contributed by atoms with E-state index < -0.39 is 22.3 Å². The second kappa shape index (κ2) is 9.25. The minimum Gasteiger partial charge on any atom is -0.480 e. The van der Waals surface area contributed by atoms with Crippen LogP contribution in [0, 0.1) is 5.41 Å². The number of ketones is 1. The number of aliphatic imine (C=N–C) groups is 1. The predicted molar refractivity (Wildman–Crippen MR) is 132 cm³/mol. The molecule has 3 aromatic rings. The summed E-state index contributed by atoms with van der Waals surface area (Å²) in [6.07, 6.45) is 9.95. The Morgan fingerprint density at radius 1 is 1.15 bits per heavy atom. The van der Waals surface area contributed by atoms with Gasteiger partial charge in [0.15, 0.2) is 11.8 Å². The number of carbonyl (C=O) groups is 2. The number of fused-ring (bicyclic) bond motifs is 1. The molecular formula is C26H24BrN3O4. The number of hydrogen-bond donors (Lipinski definition) is 1. The van der Waals surface area contributed by atoms with Crippen molar-refractivity contribution < 1.29 is 19.4 Å². The van der Waals surface area contributed by atoms with Gasteiger partial charge in [-0.25, -0.2) is 9.78 Å². The van der Waals surface area contributed by atoms with Crippen LogP contribution in [0.5, 0.6) is 11.6 Å². The number of aliphatic carboxylic acids is 1. The molecule has 5 rings (SSSR count). The Morgan fingerprint density at radius 3 is 2.62 bits per heavy atom. The van der Waals surface area contributed by atoms with Crippen molar-refractivity contribution in [1.29, 1.82) is 0 Å². The lowest BCUT2D eigenvalue weighted by Gasteiger charge is -2.47. The van der Waals surface area contributed by atoms with Crippen molar-refractivity contribution in [3.8, 4) is 11.6 Å². The Kier molecular flexibility index (Phi) is 6.16. The van der Waals surface area contributed by atoms with E-state index >= 15 is 0 Å². The molecule has 0 radical (unpaired) electrons. The molecule has 0 aliphatic heterocycles. The fourth-order valence-corrected chi connectivity index (χ4v) is 5.95. The van der Waals surface area contributed by atoms with E-state index in [0.717, 1.165) is 48.4 Å². The van der Waals surface area contributed by atoms with E-state index in [4.69, 9.17) is 4.74 Å². The lowest BCUT2D eigenvalue weighted by Crippen LogP contribution is -2.61. The van der Waals surface area contributed by atoms with E-state index in [1.807, 2.05) is 24.3 Å². The molecule has 0 bridgehead atoms. The van der Waals surface area contributed by atoms with Gasteiger partial charge in [0, 0.05) is 30.7 Å². The highest BCUT2D eigenvalue weighted by Gasteiger charge is 2.58. The van der Waals surface area contributed by atoms with Crippen molar-refractivity contribution in [3.63, 3.8) is 0 Å². The standard InChI is InChI=1S/C26H24BrN3O4/c27-21-22(26(23(21)31)10-2-1-3-11-26)30-20(25(32)33)14-16-4-6-18(7-5-16)34-24-19-15-28-12-8-17(19)9-13-29-24/h4-9,12-13,15,20-21H,1-3,10-11,14H2,(H,32,33)/t20-,21?/m0/s1. The number of pyridine rings is 2. The first-order valence-electron chi connectivity index (χ1n) is 11.4. The lowest BCUT2D eigenvalue weighted by atomic mass is 9.58. The van der Waals surface area contributed by atoms with Gasteiger partial charge in [0.2, 0.25) is 5.88 Å². The first-order chi connectivity index (χ1) is 16.5. The number of carboxylic acids is 1. The van der Waals surface area contributed by atoms with Gasteiger partial charge in [0.1, 0.15) is 10.6 Å². The maximum atomic E-state index is 12.6. The number of alkyl halides is 1. The second-order valence-corrected chi connectivity index (χ2v) is 9.82. The summed E-state index contributed by atoms with van der Waals surface area (Å²) in [6.45, 7) is 0. The minimum absolute atomic E-state index is 0.147. The number of carbonyl (C=O) groups excluding carboxylic acids is 1. The Morgan fingerprint density at radius 2 is 1.88 bits per heavy atom. The summed E-state index contributed by atoms with van der Waals surface area (Å²) in [5.74, 6) is 0.208. The highest BCUT2D eigenvalue weighted by Crippen LogP contribution is 2.49. The molecule has 34 heavy (non-hydrogen) atoms. The second-order valence-electron chi connectivity index (χ2n) is 8.90. The number of hydrogen-bond acceptors (Lipinski definition) is 6. The van der Waals surface area contributed by atoms with Crippen LogP contribution in [0.2, 0.25) is 0 Å². The van der Waals surface area contributed by atoms with Crippen LogP contribution in [0.15, 0.2) is 60.0 Å². The summed E-state index contributed by atoms with van der Waals surface area (Å²) in [5, 5.41) is 11.6. The molecule has 2 atom stereocenters. The molecule has 1 aromatic carbocycles. The maximum Gasteiger partial charge on any atom is 0.328 e. The maximum absolute atomic E-state index is 12.6. The monoisotopic (exact) mass is 521 g/mol. The molecule has 0 saturated heterocycles. The van der Waals surface area contributed by atoms with E-state index in [-0.39, 0.29) is 12.2 Å². The highest BCUT2D eigenvalue weighted by molar-refractivity contribution is 9.10. The molecule has 8 heteroatoms. The van der Waals surface area contributed by atoms with Gasteiger partial charge < -0.3 is 9.84 Å². The van der Waals surface area contributed by atoms with Gasteiger partial charge in [-0.05, 0) is 48.1 Å². The molecule has 1 spiro atoms. The number of benzene rings is 1. The molecule has 2 saturated carbocycles. The fourth-order valence-electron chi connectivity index (χ4n) is 4.95. The molecule has 2 aliphatic carbocycles. The first kappa shape index (κ1) is 22.7. The van der Waals surface area contributed by atoms with Crippen molar-refractivity contribution in [2.24, 2.45) is 10.4 Å². The van der Waals surface area contributed by atoms with Gasteiger partial charge in [-0.2, -0.15) is 0 Å². The number of aromatic nitrogens is 2. The van der Waals surface area contributed by atoms with Gasteiger partial charge in [-0.3, -0.25) is 14.8 Å². The van der Waals surface area contributed by atoms with E-state index in [1.165, 1.54) is 0 Å². The number of Topliss-reactive ketones (excluding diaryl/α,β-unsaturated/α-hetero) is 1. The topological polar surface area (TPSA) is 102 Å². The van der Waals surface area contributed by atoms with E-state index in [1.54, 1.807) is 30.7 Å². The fraction of sp³-hybridized carbons (Fsp3) is 0.346. The number of rotatable bonds is 6. The van der Waals surface area contributed by atoms with E-state index in [0.29, 0.717) is 17.3 Å². The number of ether oxygens (including phenoxy) is 1. The third kappa shape index (κ3) is 4.11. The van der Waals surface area contributed by atoms with Crippen LogP contribution in [0.4, 0.5) is 0 Å². The minimum atomic E-state index is -0.995. The average molecular weight is 522 g/mol. The van der Waals surface area contributed by atoms with Crippen molar-refractivity contribution in [3.05, 3.63) is 60.6 Å².